The van der Waals surface area contributed by atoms with Crippen molar-refractivity contribution in [3.8, 4) is 0 Å². The van der Waals surface area contributed by atoms with E-state index in [9.17, 15) is 4.79 Å². The molecule has 0 spiro atoms. The fraction of sp³-hybridized carbons (Fsp3) is 0.615. The van der Waals surface area contributed by atoms with E-state index >= 15 is 0 Å². The van der Waals surface area contributed by atoms with Gasteiger partial charge >= 0.3 is 0 Å². The molecule has 1 atom stereocenters. The van der Waals surface area contributed by atoms with Gasteiger partial charge in [-0.2, -0.15) is 0 Å². The van der Waals surface area contributed by atoms with Gasteiger partial charge in [-0.05, 0) is 19.8 Å². The number of nitrogens with zero attached hydrogens (tertiary/aromatic N) is 1. The number of carbonyl (C=O) groups is 1. The maximum Gasteiger partial charge on any atom is 0.226 e. The van der Waals surface area contributed by atoms with Gasteiger partial charge in [-0.3, -0.25) is 4.79 Å². The van der Waals surface area contributed by atoms with Crippen molar-refractivity contribution >= 4 is 18.3 Å². The minimum absolute atomic E-state index is 0. The molecule has 4 heteroatoms. The third kappa shape index (κ3) is 4.92. The van der Waals surface area contributed by atoms with E-state index < -0.39 is 0 Å². The van der Waals surface area contributed by atoms with Crippen LogP contribution in [0.5, 0.6) is 0 Å². The zero-order chi connectivity index (χ0) is 12.0. The lowest BCUT2D eigenvalue weighted by atomic mass is 9.99. The highest BCUT2D eigenvalue weighted by atomic mass is 35.5. The Kier molecular flexibility index (Phi) is 7.92. The average Bonchev–Trinajstić information content (AvgIpc) is 2.28. The first-order valence-electron chi connectivity index (χ1n) is 5.93. The molecule has 1 unspecified atom stereocenters. The van der Waals surface area contributed by atoms with Crippen LogP contribution in [0.25, 0.3) is 0 Å². The zero-order valence-corrected chi connectivity index (χ0v) is 11.3. The maximum absolute atomic E-state index is 12.2. The molecule has 0 aromatic rings. The second-order valence-electron chi connectivity index (χ2n) is 4.39. The molecule has 1 heterocycles. The second-order valence-corrected chi connectivity index (χ2v) is 4.39. The van der Waals surface area contributed by atoms with Crippen LogP contribution in [0.1, 0.15) is 19.8 Å². The van der Waals surface area contributed by atoms with Gasteiger partial charge in [0, 0.05) is 31.6 Å². The summed E-state index contributed by atoms with van der Waals surface area (Å²) in [5, 5.41) is 3.34. The van der Waals surface area contributed by atoms with Crippen molar-refractivity contribution in [1.82, 2.24) is 10.2 Å². The molecular weight excluding hydrogens is 236 g/mol. The number of hydrogen-bond acceptors (Lipinski definition) is 2. The SMILES string of the molecule is C=CCC(CC=C)C(=O)N1CCNC(C)C1.Cl. The fourth-order valence-electron chi connectivity index (χ4n) is 2.09. The molecule has 1 amide bonds. The monoisotopic (exact) mass is 258 g/mol. The Hall–Kier alpha value is -0.800. The molecule has 1 saturated heterocycles. The summed E-state index contributed by atoms with van der Waals surface area (Å²) in [6.45, 7) is 12.0. The molecule has 1 aliphatic rings. The Morgan fingerprint density at radius 1 is 1.47 bits per heavy atom. The molecule has 17 heavy (non-hydrogen) atoms. The van der Waals surface area contributed by atoms with E-state index in [-0.39, 0.29) is 24.2 Å². The van der Waals surface area contributed by atoms with Crippen LogP contribution in [0.15, 0.2) is 25.3 Å². The van der Waals surface area contributed by atoms with Gasteiger partial charge in [-0.1, -0.05) is 12.2 Å². The number of nitrogens with one attached hydrogen (secondary N) is 1. The molecular formula is C13H23ClN2O. The van der Waals surface area contributed by atoms with Gasteiger partial charge in [0.1, 0.15) is 0 Å². The van der Waals surface area contributed by atoms with Crippen molar-refractivity contribution < 1.29 is 4.79 Å². The Balaban J connectivity index is 0.00000256. The Bertz CT molecular complexity index is 258. The molecule has 98 valence electrons. The molecule has 0 aromatic heterocycles. The molecule has 1 rings (SSSR count). The number of amides is 1. The molecule has 1 fully saturated rings. The van der Waals surface area contributed by atoms with Crippen LogP contribution < -0.4 is 5.32 Å². The molecule has 1 N–H and O–H groups in total. The predicted octanol–water partition coefficient (Wildman–Crippen LogP) is 2.00. The lowest BCUT2D eigenvalue weighted by Crippen LogP contribution is -2.52. The fourth-order valence-corrected chi connectivity index (χ4v) is 2.09. The summed E-state index contributed by atoms with van der Waals surface area (Å²) >= 11 is 0. The first-order valence-corrected chi connectivity index (χ1v) is 5.93. The topological polar surface area (TPSA) is 32.3 Å². The summed E-state index contributed by atoms with van der Waals surface area (Å²) in [5.41, 5.74) is 0. The number of carbonyl (C=O) groups excluding carboxylic acids is 1. The third-order valence-electron chi connectivity index (χ3n) is 2.93. The standard InChI is InChI=1S/C13H22N2O.ClH/c1-4-6-12(7-5-2)13(16)15-9-8-14-11(3)10-15;/h4-5,11-12,14H,1-2,6-10H2,3H3;1H. The summed E-state index contributed by atoms with van der Waals surface area (Å²) in [5.74, 6) is 0.272. The largest absolute Gasteiger partial charge is 0.340 e. The number of hydrogen-bond donors (Lipinski definition) is 1. The minimum atomic E-state index is 0. The Morgan fingerprint density at radius 3 is 2.53 bits per heavy atom. The van der Waals surface area contributed by atoms with E-state index in [2.05, 4.69) is 25.4 Å². The number of allylic oxidation sites excluding steroid dienone is 2. The molecule has 1 aliphatic heterocycles. The molecule has 0 bridgehead atoms. The highest BCUT2D eigenvalue weighted by Crippen LogP contribution is 2.15. The quantitative estimate of drug-likeness (QED) is 0.765. The van der Waals surface area contributed by atoms with Crippen molar-refractivity contribution in [3.05, 3.63) is 25.3 Å². The summed E-state index contributed by atoms with van der Waals surface area (Å²) in [6, 6.07) is 0.394. The summed E-state index contributed by atoms with van der Waals surface area (Å²) in [6.07, 6.45) is 5.11. The van der Waals surface area contributed by atoms with Gasteiger partial charge in [0.2, 0.25) is 5.91 Å². The van der Waals surface area contributed by atoms with Crippen molar-refractivity contribution in [3.63, 3.8) is 0 Å². The normalized spacial score (nSPS) is 19.6. The first kappa shape index (κ1) is 16.2. The Morgan fingerprint density at radius 2 is 2.06 bits per heavy atom. The lowest BCUT2D eigenvalue weighted by molar-refractivity contribution is -0.136. The second kappa shape index (κ2) is 8.31. The smallest absolute Gasteiger partial charge is 0.226 e. The van der Waals surface area contributed by atoms with Crippen LogP contribution in [0, 0.1) is 5.92 Å². The number of rotatable bonds is 5. The highest BCUT2D eigenvalue weighted by molar-refractivity contribution is 5.85. The van der Waals surface area contributed by atoms with Crippen molar-refractivity contribution in [2.24, 2.45) is 5.92 Å². The summed E-state index contributed by atoms with van der Waals surface area (Å²) in [7, 11) is 0. The van der Waals surface area contributed by atoms with Crippen molar-refractivity contribution in [2.75, 3.05) is 19.6 Å². The van der Waals surface area contributed by atoms with Gasteiger partial charge in [0.15, 0.2) is 0 Å². The average molecular weight is 259 g/mol. The first-order chi connectivity index (χ1) is 7.69. The van der Waals surface area contributed by atoms with Crippen molar-refractivity contribution in [1.29, 1.82) is 0 Å². The maximum atomic E-state index is 12.2. The lowest BCUT2D eigenvalue weighted by Gasteiger charge is -2.34. The van der Waals surface area contributed by atoms with Gasteiger partial charge in [0.05, 0.1) is 0 Å². The van der Waals surface area contributed by atoms with Gasteiger partial charge in [0.25, 0.3) is 0 Å². The molecule has 0 saturated carbocycles. The van der Waals surface area contributed by atoms with E-state index in [0.29, 0.717) is 6.04 Å². The zero-order valence-electron chi connectivity index (χ0n) is 10.5. The minimum Gasteiger partial charge on any atom is -0.340 e. The molecule has 3 nitrogen and oxygen atoms in total. The van der Waals surface area contributed by atoms with Gasteiger partial charge < -0.3 is 10.2 Å². The van der Waals surface area contributed by atoms with Crippen molar-refractivity contribution in [2.45, 2.75) is 25.8 Å². The van der Waals surface area contributed by atoms with Crippen LogP contribution in [0.2, 0.25) is 0 Å². The van der Waals surface area contributed by atoms with E-state index in [0.717, 1.165) is 32.5 Å². The Labute approximate surface area is 110 Å². The van der Waals surface area contributed by atoms with Crippen LogP contribution in [-0.2, 0) is 4.79 Å². The number of halogens is 1. The summed E-state index contributed by atoms with van der Waals surface area (Å²) < 4.78 is 0. The number of piperazine rings is 1. The highest BCUT2D eigenvalue weighted by Gasteiger charge is 2.25. The van der Waals surface area contributed by atoms with Gasteiger partial charge in [-0.15, -0.1) is 25.6 Å². The van der Waals surface area contributed by atoms with Crippen LogP contribution in [0.3, 0.4) is 0 Å². The summed E-state index contributed by atoms with van der Waals surface area (Å²) in [4.78, 5) is 14.2. The molecule has 0 aliphatic carbocycles. The van der Waals surface area contributed by atoms with E-state index in [4.69, 9.17) is 0 Å². The predicted molar refractivity (Wildman–Crippen MR) is 74.4 cm³/mol. The molecule has 0 aromatic carbocycles. The van der Waals surface area contributed by atoms with Crippen LogP contribution in [-0.4, -0.2) is 36.5 Å². The van der Waals surface area contributed by atoms with E-state index in [1.165, 1.54) is 0 Å². The van der Waals surface area contributed by atoms with Crippen LogP contribution in [0.4, 0.5) is 0 Å². The van der Waals surface area contributed by atoms with E-state index in [1.54, 1.807) is 0 Å². The van der Waals surface area contributed by atoms with Gasteiger partial charge in [-0.25, -0.2) is 0 Å². The van der Waals surface area contributed by atoms with Crippen LogP contribution >= 0.6 is 12.4 Å². The third-order valence-corrected chi connectivity index (χ3v) is 2.93. The molecule has 0 radical (unpaired) electrons. The van der Waals surface area contributed by atoms with E-state index in [1.807, 2.05) is 17.1 Å².